The standard InChI is InChI=1S/C12H24N2O2/c1-10(6-9-15)13-11(2)12(16)14-7-4-3-5-8-14/h10-11,13,15H,3-9H2,1-2H3. The zero-order valence-corrected chi connectivity index (χ0v) is 10.4. The monoisotopic (exact) mass is 228 g/mol. The molecule has 1 aliphatic rings. The Hall–Kier alpha value is -0.610. The smallest absolute Gasteiger partial charge is 0.239 e. The number of amides is 1. The number of likely N-dealkylation sites (tertiary alicyclic amines) is 1. The fraction of sp³-hybridized carbons (Fsp3) is 0.917. The quantitative estimate of drug-likeness (QED) is 0.730. The van der Waals surface area contributed by atoms with Gasteiger partial charge in [-0.15, -0.1) is 0 Å². The van der Waals surface area contributed by atoms with Gasteiger partial charge in [0, 0.05) is 25.7 Å². The van der Waals surface area contributed by atoms with Gasteiger partial charge in [0.2, 0.25) is 5.91 Å². The number of nitrogens with zero attached hydrogens (tertiary/aromatic N) is 1. The molecule has 1 aliphatic heterocycles. The molecule has 4 nitrogen and oxygen atoms in total. The fourth-order valence-corrected chi connectivity index (χ4v) is 2.16. The molecule has 1 rings (SSSR count). The molecule has 0 saturated carbocycles. The fourth-order valence-electron chi connectivity index (χ4n) is 2.16. The minimum absolute atomic E-state index is 0.139. The van der Waals surface area contributed by atoms with E-state index in [1.54, 1.807) is 0 Å². The molecular formula is C12H24N2O2. The van der Waals surface area contributed by atoms with E-state index in [1.165, 1.54) is 6.42 Å². The van der Waals surface area contributed by atoms with Crippen molar-refractivity contribution in [1.82, 2.24) is 10.2 Å². The van der Waals surface area contributed by atoms with Crippen LogP contribution in [0.15, 0.2) is 0 Å². The van der Waals surface area contributed by atoms with Gasteiger partial charge in [-0.3, -0.25) is 4.79 Å². The summed E-state index contributed by atoms with van der Waals surface area (Å²) < 4.78 is 0. The van der Waals surface area contributed by atoms with E-state index in [0.29, 0.717) is 6.42 Å². The van der Waals surface area contributed by atoms with Gasteiger partial charge in [0.1, 0.15) is 0 Å². The topological polar surface area (TPSA) is 52.6 Å². The zero-order chi connectivity index (χ0) is 12.0. The molecule has 4 heteroatoms. The summed E-state index contributed by atoms with van der Waals surface area (Å²) in [5.41, 5.74) is 0. The van der Waals surface area contributed by atoms with Gasteiger partial charge in [-0.2, -0.15) is 0 Å². The Morgan fingerprint density at radius 2 is 1.94 bits per heavy atom. The van der Waals surface area contributed by atoms with E-state index in [1.807, 2.05) is 18.7 Å². The van der Waals surface area contributed by atoms with Crippen molar-refractivity contribution in [2.75, 3.05) is 19.7 Å². The minimum Gasteiger partial charge on any atom is -0.396 e. The number of hydrogen-bond donors (Lipinski definition) is 2. The van der Waals surface area contributed by atoms with Gasteiger partial charge in [-0.1, -0.05) is 0 Å². The van der Waals surface area contributed by atoms with Gasteiger partial charge in [-0.05, 0) is 39.5 Å². The average Bonchev–Trinajstić information content (AvgIpc) is 2.29. The summed E-state index contributed by atoms with van der Waals surface area (Å²) in [6, 6.07) is 0.0494. The first-order chi connectivity index (χ1) is 7.65. The highest BCUT2D eigenvalue weighted by molar-refractivity contribution is 5.81. The largest absolute Gasteiger partial charge is 0.396 e. The van der Waals surface area contributed by atoms with Crippen LogP contribution in [0, 0.1) is 0 Å². The Morgan fingerprint density at radius 1 is 1.31 bits per heavy atom. The Morgan fingerprint density at radius 3 is 2.50 bits per heavy atom. The number of aliphatic hydroxyl groups is 1. The Bertz CT molecular complexity index is 215. The molecule has 0 aromatic carbocycles. The minimum atomic E-state index is -0.139. The molecule has 2 unspecified atom stereocenters. The highest BCUT2D eigenvalue weighted by Crippen LogP contribution is 2.10. The van der Waals surface area contributed by atoms with Crippen LogP contribution in [0.2, 0.25) is 0 Å². The van der Waals surface area contributed by atoms with E-state index >= 15 is 0 Å². The van der Waals surface area contributed by atoms with Crippen molar-refractivity contribution in [3.05, 3.63) is 0 Å². The zero-order valence-electron chi connectivity index (χ0n) is 10.4. The SMILES string of the molecule is CC(CCO)NC(C)C(=O)N1CCCCC1. The lowest BCUT2D eigenvalue weighted by molar-refractivity contribution is -0.134. The molecule has 0 bridgehead atoms. The first-order valence-electron chi connectivity index (χ1n) is 6.31. The van der Waals surface area contributed by atoms with Crippen LogP contribution in [0.1, 0.15) is 39.5 Å². The van der Waals surface area contributed by atoms with E-state index in [-0.39, 0.29) is 24.6 Å². The number of nitrogens with one attached hydrogen (secondary N) is 1. The maximum absolute atomic E-state index is 12.0. The number of carbonyl (C=O) groups is 1. The van der Waals surface area contributed by atoms with E-state index in [0.717, 1.165) is 25.9 Å². The lowest BCUT2D eigenvalue weighted by Gasteiger charge is -2.30. The first kappa shape index (κ1) is 13.5. The normalized spacial score (nSPS) is 20.6. The van der Waals surface area contributed by atoms with Crippen molar-refractivity contribution in [2.45, 2.75) is 51.6 Å². The van der Waals surface area contributed by atoms with Crippen LogP contribution in [-0.4, -0.2) is 47.7 Å². The average molecular weight is 228 g/mol. The lowest BCUT2D eigenvalue weighted by atomic mass is 10.1. The Labute approximate surface area is 98.0 Å². The second-order valence-corrected chi connectivity index (χ2v) is 4.69. The lowest BCUT2D eigenvalue weighted by Crippen LogP contribution is -2.49. The number of rotatable bonds is 5. The summed E-state index contributed by atoms with van der Waals surface area (Å²) in [5.74, 6) is 0.199. The van der Waals surface area contributed by atoms with Crippen molar-refractivity contribution in [3.8, 4) is 0 Å². The van der Waals surface area contributed by atoms with Crippen LogP contribution in [0.3, 0.4) is 0 Å². The second kappa shape index (κ2) is 6.86. The molecule has 16 heavy (non-hydrogen) atoms. The van der Waals surface area contributed by atoms with Crippen LogP contribution >= 0.6 is 0 Å². The van der Waals surface area contributed by atoms with Crippen molar-refractivity contribution >= 4 is 5.91 Å². The molecule has 0 aromatic heterocycles. The molecular weight excluding hydrogens is 204 g/mol. The summed E-state index contributed by atoms with van der Waals surface area (Å²) in [5, 5.41) is 12.0. The van der Waals surface area contributed by atoms with E-state index in [9.17, 15) is 4.79 Å². The van der Waals surface area contributed by atoms with Gasteiger partial charge in [0.05, 0.1) is 6.04 Å². The summed E-state index contributed by atoms with van der Waals surface area (Å²) in [4.78, 5) is 14.0. The molecule has 1 saturated heterocycles. The molecule has 0 spiro atoms. The van der Waals surface area contributed by atoms with Gasteiger partial charge in [0.25, 0.3) is 0 Å². The third-order valence-corrected chi connectivity index (χ3v) is 3.13. The number of piperidine rings is 1. The molecule has 0 radical (unpaired) electrons. The maximum Gasteiger partial charge on any atom is 0.239 e. The molecule has 94 valence electrons. The molecule has 1 amide bonds. The van der Waals surface area contributed by atoms with Gasteiger partial charge >= 0.3 is 0 Å². The molecule has 1 fully saturated rings. The predicted molar refractivity (Wildman–Crippen MR) is 64.2 cm³/mol. The Balaban J connectivity index is 2.34. The molecule has 1 heterocycles. The highest BCUT2D eigenvalue weighted by atomic mass is 16.3. The van der Waals surface area contributed by atoms with Crippen molar-refractivity contribution < 1.29 is 9.90 Å². The summed E-state index contributed by atoms with van der Waals surface area (Å²) in [6.45, 7) is 5.87. The summed E-state index contributed by atoms with van der Waals surface area (Å²) >= 11 is 0. The Kier molecular flexibility index (Phi) is 5.77. The maximum atomic E-state index is 12.0. The summed E-state index contributed by atoms with van der Waals surface area (Å²) in [7, 11) is 0. The van der Waals surface area contributed by atoms with Crippen LogP contribution in [0.5, 0.6) is 0 Å². The number of hydrogen-bond acceptors (Lipinski definition) is 3. The van der Waals surface area contributed by atoms with Crippen LogP contribution < -0.4 is 5.32 Å². The van der Waals surface area contributed by atoms with Crippen molar-refractivity contribution in [2.24, 2.45) is 0 Å². The third kappa shape index (κ3) is 4.10. The third-order valence-electron chi connectivity index (χ3n) is 3.13. The second-order valence-electron chi connectivity index (χ2n) is 4.69. The summed E-state index contributed by atoms with van der Waals surface area (Å²) in [6.07, 6.45) is 4.19. The molecule has 2 N–H and O–H groups in total. The molecule has 0 aliphatic carbocycles. The van der Waals surface area contributed by atoms with Gasteiger partial charge in [-0.25, -0.2) is 0 Å². The van der Waals surface area contributed by atoms with Crippen LogP contribution in [-0.2, 0) is 4.79 Å². The molecule has 0 aromatic rings. The van der Waals surface area contributed by atoms with Gasteiger partial charge < -0.3 is 15.3 Å². The van der Waals surface area contributed by atoms with Crippen LogP contribution in [0.4, 0.5) is 0 Å². The van der Waals surface area contributed by atoms with Gasteiger partial charge in [0.15, 0.2) is 0 Å². The first-order valence-corrected chi connectivity index (χ1v) is 6.31. The van der Waals surface area contributed by atoms with E-state index in [4.69, 9.17) is 5.11 Å². The van der Waals surface area contributed by atoms with Crippen LogP contribution in [0.25, 0.3) is 0 Å². The van der Waals surface area contributed by atoms with E-state index < -0.39 is 0 Å². The predicted octanol–water partition coefficient (Wildman–Crippen LogP) is 0.748. The number of carbonyl (C=O) groups excluding carboxylic acids is 1. The van der Waals surface area contributed by atoms with Crippen molar-refractivity contribution in [1.29, 1.82) is 0 Å². The number of aliphatic hydroxyl groups excluding tert-OH is 1. The molecule has 2 atom stereocenters. The van der Waals surface area contributed by atoms with Crippen molar-refractivity contribution in [3.63, 3.8) is 0 Å². The highest BCUT2D eigenvalue weighted by Gasteiger charge is 2.22. The van der Waals surface area contributed by atoms with E-state index in [2.05, 4.69) is 5.32 Å².